The summed E-state index contributed by atoms with van der Waals surface area (Å²) in [5.74, 6) is 0. The highest BCUT2D eigenvalue weighted by Crippen LogP contribution is 2.32. The minimum absolute atomic E-state index is 0.460. The van der Waals surface area contributed by atoms with Crippen LogP contribution in [0.1, 0.15) is 31.4 Å². The van der Waals surface area contributed by atoms with Crippen LogP contribution in [0.25, 0.3) is 0 Å². The molecule has 0 amide bonds. The van der Waals surface area contributed by atoms with Crippen LogP contribution in [-0.4, -0.2) is 42.2 Å². The summed E-state index contributed by atoms with van der Waals surface area (Å²) >= 11 is 6.38. The molecule has 19 heavy (non-hydrogen) atoms. The van der Waals surface area contributed by atoms with E-state index in [4.69, 9.17) is 11.6 Å². The van der Waals surface area contributed by atoms with Crippen molar-refractivity contribution in [1.29, 1.82) is 0 Å². The third-order valence-corrected chi connectivity index (χ3v) is 4.68. The molecule has 2 saturated heterocycles. The number of piperazine rings is 1. The Bertz CT molecular complexity index is 463. The maximum Gasteiger partial charge on any atom is 0.0762 e. The van der Waals surface area contributed by atoms with E-state index in [9.17, 15) is 5.11 Å². The van der Waals surface area contributed by atoms with Gasteiger partial charge in [-0.05, 0) is 44.0 Å². The van der Waals surface area contributed by atoms with E-state index in [1.807, 2.05) is 12.1 Å². The fraction of sp³-hybridized carbons (Fsp3) is 0.600. The van der Waals surface area contributed by atoms with Gasteiger partial charge < -0.3 is 10.0 Å². The molecule has 104 valence electrons. The van der Waals surface area contributed by atoms with E-state index in [1.54, 1.807) is 6.92 Å². The zero-order valence-corrected chi connectivity index (χ0v) is 12.1. The van der Waals surface area contributed by atoms with Crippen molar-refractivity contribution in [3.05, 3.63) is 28.8 Å². The molecule has 0 spiro atoms. The summed E-state index contributed by atoms with van der Waals surface area (Å²) in [4.78, 5) is 4.98. The van der Waals surface area contributed by atoms with Gasteiger partial charge in [-0.1, -0.05) is 17.7 Å². The molecule has 2 aliphatic heterocycles. The highest BCUT2D eigenvalue weighted by molar-refractivity contribution is 6.33. The van der Waals surface area contributed by atoms with Crippen molar-refractivity contribution < 1.29 is 5.11 Å². The second-order valence-electron chi connectivity index (χ2n) is 5.66. The lowest BCUT2D eigenvalue weighted by atomic mass is 10.1. The SMILES string of the molecule is CC(O)c1ccc(N2CCN3CCCC3C2)c(Cl)c1. The normalized spacial score (nSPS) is 25.4. The third-order valence-electron chi connectivity index (χ3n) is 4.38. The molecule has 3 rings (SSSR count). The first kappa shape index (κ1) is 13.2. The molecule has 1 aromatic carbocycles. The molecule has 4 heteroatoms. The summed E-state index contributed by atoms with van der Waals surface area (Å²) in [6.45, 7) is 6.28. The fourth-order valence-electron chi connectivity index (χ4n) is 3.25. The summed E-state index contributed by atoms with van der Waals surface area (Å²) in [6, 6.07) is 6.62. The molecule has 3 nitrogen and oxygen atoms in total. The van der Waals surface area contributed by atoms with Crippen LogP contribution in [-0.2, 0) is 0 Å². The number of hydrogen-bond donors (Lipinski definition) is 1. The van der Waals surface area contributed by atoms with Gasteiger partial charge >= 0.3 is 0 Å². The lowest BCUT2D eigenvalue weighted by molar-refractivity contribution is 0.199. The molecule has 2 fully saturated rings. The van der Waals surface area contributed by atoms with E-state index in [0.29, 0.717) is 6.04 Å². The highest BCUT2D eigenvalue weighted by Gasteiger charge is 2.31. The quantitative estimate of drug-likeness (QED) is 0.902. The van der Waals surface area contributed by atoms with Crippen molar-refractivity contribution >= 4 is 17.3 Å². The number of halogens is 1. The van der Waals surface area contributed by atoms with Crippen LogP contribution < -0.4 is 4.90 Å². The van der Waals surface area contributed by atoms with Crippen molar-refractivity contribution in [1.82, 2.24) is 4.90 Å². The number of anilines is 1. The standard InChI is InChI=1S/C15H21ClN2O/c1-11(19)12-4-5-15(14(16)9-12)18-8-7-17-6-2-3-13(17)10-18/h4-5,9,11,13,19H,2-3,6-8,10H2,1H3. The van der Waals surface area contributed by atoms with Gasteiger partial charge in [-0.15, -0.1) is 0 Å². The van der Waals surface area contributed by atoms with E-state index in [2.05, 4.69) is 15.9 Å². The van der Waals surface area contributed by atoms with Crippen LogP contribution >= 0.6 is 11.6 Å². The number of hydrogen-bond acceptors (Lipinski definition) is 3. The second-order valence-corrected chi connectivity index (χ2v) is 6.07. The number of rotatable bonds is 2. The predicted octanol–water partition coefficient (Wildman–Crippen LogP) is 2.68. The number of fused-ring (bicyclic) bond motifs is 1. The van der Waals surface area contributed by atoms with E-state index in [-0.39, 0.29) is 0 Å². The van der Waals surface area contributed by atoms with Gasteiger partial charge in [0, 0.05) is 25.7 Å². The van der Waals surface area contributed by atoms with Gasteiger partial charge in [0.05, 0.1) is 16.8 Å². The zero-order chi connectivity index (χ0) is 13.4. The Labute approximate surface area is 119 Å². The molecular formula is C15H21ClN2O. The van der Waals surface area contributed by atoms with Crippen molar-refractivity contribution in [2.45, 2.75) is 31.9 Å². The Balaban J connectivity index is 1.78. The Morgan fingerprint density at radius 3 is 2.89 bits per heavy atom. The Morgan fingerprint density at radius 1 is 1.32 bits per heavy atom. The number of nitrogens with zero attached hydrogens (tertiary/aromatic N) is 2. The molecule has 2 atom stereocenters. The van der Waals surface area contributed by atoms with Crippen LogP contribution in [0.2, 0.25) is 5.02 Å². The first-order valence-electron chi connectivity index (χ1n) is 7.11. The van der Waals surface area contributed by atoms with Gasteiger partial charge in [-0.25, -0.2) is 0 Å². The average molecular weight is 281 g/mol. The van der Waals surface area contributed by atoms with Gasteiger partial charge in [0.25, 0.3) is 0 Å². The Morgan fingerprint density at radius 2 is 2.16 bits per heavy atom. The van der Waals surface area contributed by atoms with Crippen molar-refractivity contribution in [3.8, 4) is 0 Å². The Kier molecular flexibility index (Phi) is 3.70. The summed E-state index contributed by atoms with van der Waals surface area (Å²) in [7, 11) is 0. The third kappa shape index (κ3) is 2.60. The molecule has 2 heterocycles. The fourth-order valence-corrected chi connectivity index (χ4v) is 3.56. The number of aliphatic hydroxyl groups is 1. The summed E-state index contributed by atoms with van der Waals surface area (Å²) in [5.41, 5.74) is 1.99. The van der Waals surface area contributed by atoms with E-state index < -0.39 is 6.10 Å². The molecule has 2 aliphatic rings. The summed E-state index contributed by atoms with van der Waals surface area (Å²) in [5, 5.41) is 10.3. The molecule has 1 N–H and O–H groups in total. The van der Waals surface area contributed by atoms with Crippen LogP contribution in [0.3, 0.4) is 0 Å². The van der Waals surface area contributed by atoms with Crippen LogP contribution in [0.4, 0.5) is 5.69 Å². The van der Waals surface area contributed by atoms with Gasteiger partial charge in [0.15, 0.2) is 0 Å². The monoisotopic (exact) mass is 280 g/mol. The summed E-state index contributed by atoms with van der Waals surface area (Å²) in [6.07, 6.45) is 2.17. The lowest BCUT2D eigenvalue weighted by Crippen LogP contribution is -2.50. The molecule has 0 saturated carbocycles. The summed E-state index contributed by atoms with van der Waals surface area (Å²) < 4.78 is 0. The predicted molar refractivity (Wildman–Crippen MR) is 78.9 cm³/mol. The minimum atomic E-state index is -0.460. The van der Waals surface area contributed by atoms with Crippen molar-refractivity contribution in [2.24, 2.45) is 0 Å². The Hall–Kier alpha value is -0.770. The first-order valence-corrected chi connectivity index (χ1v) is 7.49. The molecule has 0 aliphatic carbocycles. The van der Waals surface area contributed by atoms with Crippen molar-refractivity contribution in [3.63, 3.8) is 0 Å². The zero-order valence-electron chi connectivity index (χ0n) is 11.3. The maximum atomic E-state index is 9.59. The molecule has 1 aromatic rings. The van der Waals surface area contributed by atoms with E-state index in [0.717, 1.165) is 35.9 Å². The molecule has 0 bridgehead atoms. The lowest BCUT2D eigenvalue weighted by Gasteiger charge is -2.39. The topological polar surface area (TPSA) is 26.7 Å². The van der Waals surface area contributed by atoms with Crippen LogP contribution in [0, 0.1) is 0 Å². The van der Waals surface area contributed by atoms with Crippen LogP contribution in [0.15, 0.2) is 18.2 Å². The van der Waals surface area contributed by atoms with E-state index >= 15 is 0 Å². The molecular weight excluding hydrogens is 260 g/mol. The maximum absolute atomic E-state index is 9.59. The molecule has 0 radical (unpaired) electrons. The number of benzene rings is 1. The van der Waals surface area contributed by atoms with Gasteiger partial charge in [-0.3, -0.25) is 4.90 Å². The first-order chi connectivity index (χ1) is 9.15. The van der Waals surface area contributed by atoms with Gasteiger partial charge in [-0.2, -0.15) is 0 Å². The molecule has 2 unspecified atom stereocenters. The van der Waals surface area contributed by atoms with Crippen LogP contribution in [0.5, 0.6) is 0 Å². The molecule has 0 aromatic heterocycles. The largest absolute Gasteiger partial charge is 0.389 e. The smallest absolute Gasteiger partial charge is 0.0762 e. The number of aliphatic hydroxyl groups excluding tert-OH is 1. The van der Waals surface area contributed by atoms with Gasteiger partial charge in [0.2, 0.25) is 0 Å². The van der Waals surface area contributed by atoms with Crippen molar-refractivity contribution in [2.75, 3.05) is 31.1 Å². The second kappa shape index (κ2) is 5.31. The van der Waals surface area contributed by atoms with E-state index in [1.165, 1.54) is 19.4 Å². The van der Waals surface area contributed by atoms with Gasteiger partial charge in [0.1, 0.15) is 0 Å². The average Bonchev–Trinajstić information content (AvgIpc) is 2.85. The highest BCUT2D eigenvalue weighted by atomic mass is 35.5. The minimum Gasteiger partial charge on any atom is -0.389 e.